The van der Waals surface area contributed by atoms with Crippen LogP contribution >= 0.6 is 0 Å². The second-order valence-corrected chi connectivity index (χ2v) is 5.36. The normalized spacial score (nSPS) is 12.3. The highest BCUT2D eigenvalue weighted by molar-refractivity contribution is 5.83. The molecule has 0 spiro atoms. The van der Waals surface area contributed by atoms with Gasteiger partial charge in [-0.15, -0.1) is 0 Å². The van der Waals surface area contributed by atoms with E-state index in [1.54, 1.807) is 24.3 Å². The molecule has 102 valence electrons. The summed E-state index contributed by atoms with van der Waals surface area (Å²) >= 11 is 0. The van der Waals surface area contributed by atoms with Crippen LogP contribution in [0.25, 0.3) is 0 Å². The minimum absolute atomic E-state index is 0.0152. The molecule has 0 heterocycles. The minimum Gasteiger partial charge on any atom is -0.493 e. The van der Waals surface area contributed by atoms with Crippen LogP contribution in [0.4, 0.5) is 0 Å². The predicted molar refractivity (Wildman–Crippen MR) is 74.8 cm³/mol. The third-order valence-corrected chi connectivity index (χ3v) is 3.13. The van der Waals surface area contributed by atoms with Crippen molar-refractivity contribution in [3.05, 3.63) is 29.8 Å². The molecule has 0 saturated heterocycles. The molecule has 0 saturated carbocycles. The standard InChI is InChI=1S/C16H21NO2/c1-11(2)15(16(18)12(3)4)10-19-14-7-5-6-13(8-14)9-17/h5-8,11-12,15H,10H2,1-4H3. The van der Waals surface area contributed by atoms with Gasteiger partial charge in [0.25, 0.3) is 0 Å². The molecular formula is C16H21NO2. The van der Waals surface area contributed by atoms with E-state index in [1.165, 1.54) is 0 Å². The highest BCUT2D eigenvalue weighted by atomic mass is 16.5. The Kier molecular flexibility index (Phi) is 5.57. The quantitative estimate of drug-likeness (QED) is 0.786. The fourth-order valence-electron chi connectivity index (χ4n) is 1.87. The first kappa shape index (κ1) is 15.2. The molecule has 19 heavy (non-hydrogen) atoms. The van der Waals surface area contributed by atoms with Crippen molar-refractivity contribution in [3.63, 3.8) is 0 Å². The second kappa shape index (κ2) is 6.94. The van der Waals surface area contributed by atoms with E-state index in [0.29, 0.717) is 17.9 Å². The van der Waals surface area contributed by atoms with Crippen LogP contribution < -0.4 is 4.74 Å². The fourth-order valence-corrected chi connectivity index (χ4v) is 1.87. The van der Waals surface area contributed by atoms with Crippen LogP contribution in [0.5, 0.6) is 5.75 Å². The maximum Gasteiger partial charge on any atom is 0.142 e. The van der Waals surface area contributed by atoms with Crippen LogP contribution in [-0.4, -0.2) is 12.4 Å². The molecule has 0 N–H and O–H groups in total. The average Bonchev–Trinajstić information content (AvgIpc) is 2.38. The van der Waals surface area contributed by atoms with Crippen LogP contribution in [0.3, 0.4) is 0 Å². The van der Waals surface area contributed by atoms with Gasteiger partial charge in [0.2, 0.25) is 0 Å². The van der Waals surface area contributed by atoms with E-state index in [4.69, 9.17) is 10.00 Å². The van der Waals surface area contributed by atoms with E-state index in [1.807, 2.05) is 27.7 Å². The van der Waals surface area contributed by atoms with Crippen molar-refractivity contribution in [2.45, 2.75) is 27.7 Å². The van der Waals surface area contributed by atoms with Crippen molar-refractivity contribution in [3.8, 4) is 11.8 Å². The zero-order valence-corrected chi connectivity index (χ0v) is 12.0. The van der Waals surface area contributed by atoms with E-state index in [2.05, 4.69) is 6.07 Å². The van der Waals surface area contributed by atoms with Crippen molar-refractivity contribution in [2.24, 2.45) is 17.8 Å². The molecule has 0 aromatic heterocycles. The first-order valence-corrected chi connectivity index (χ1v) is 6.62. The predicted octanol–water partition coefficient (Wildman–Crippen LogP) is 3.43. The molecule has 3 heteroatoms. The Morgan fingerprint density at radius 1 is 1.32 bits per heavy atom. The Morgan fingerprint density at radius 3 is 2.53 bits per heavy atom. The summed E-state index contributed by atoms with van der Waals surface area (Å²) in [4.78, 5) is 12.1. The Hall–Kier alpha value is -1.82. The van der Waals surface area contributed by atoms with Gasteiger partial charge >= 0.3 is 0 Å². The number of hydrogen-bond acceptors (Lipinski definition) is 3. The summed E-state index contributed by atoms with van der Waals surface area (Å²) in [6.07, 6.45) is 0. The number of ketones is 1. The van der Waals surface area contributed by atoms with E-state index in [9.17, 15) is 4.79 Å². The average molecular weight is 259 g/mol. The van der Waals surface area contributed by atoms with Gasteiger partial charge < -0.3 is 4.74 Å². The van der Waals surface area contributed by atoms with E-state index in [-0.39, 0.29) is 23.5 Å². The van der Waals surface area contributed by atoms with Crippen LogP contribution in [0.2, 0.25) is 0 Å². The summed E-state index contributed by atoms with van der Waals surface area (Å²) in [6, 6.07) is 9.08. The molecule has 0 amide bonds. The van der Waals surface area contributed by atoms with Crippen LogP contribution in [0.1, 0.15) is 33.3 Å². The summed E-state index contributed by atoms with van der Waals surface area (Å²) in [6.45, 7) is 8.24. The highest BCUT2D eigenvalue weighted by Crippen LogP contribution is 2.20. The first-order valence-electron chi connectivity index (χ1n) is 6.62. The monoisotopic (exact) mass is 259 g/mol. The van der Waals surface area contributed by atoms with E-state index >= 15 is 0 Å². The van der Waals surface area contributed by atoms with Gasteiger partial charge in [-0.3, -0.25) is 4.79 Å². The van der Waals surface area contributed by atoms with Gasteiger partial charge in [0.15, 0.2) is 0 Å². The smallest absolute Gasteiger partial charge is 0.142 e. The van der Waals surface area contributed by atoms with Gasteiger partial charge in [-0.1, -0.05) is 33.8 Å². The number of carbonyl (C=O) groups excluding carboxylic acids is 1. The number of carbonyl (C=O) groups is 1. The number of Topliss-reactive ketones (excluding diaryl/α,β-unsaturated/α-hetero) is 1. The molecule has 0 aliphatic rings. The fraction of sp³-hybridized carbons (Fsp3) is 0.500. The van der Waals surface area contributed by atoms with Gasteiger partial charge in [0.05, 0.1) is 24.2 Å². The molecule has 0 radical (unpaired) electrons. The van der Waals surface area contributed by atoms with Crippen LogP contribution in [0.15, 0.2) is 24.3 Å². The van der Waals surface area contributed by atoms with E-state index < -0.39 is 0 Å². The van der Waals surface area contributed by atoms with Crippen molar-refractivity contribution >= 4 is 5.78 Å². The van der Waals surface area contributed by atoms with E-state index in [0.717, 1.165) is 0 Å². The Labute approximate surface area is 115 Å². The molecule has 0 aliphatic heterocycles. The lowest BCUT2D eigenvalue weighted by atomic mass is 9.87. The van der Waals surface area contributed by atoms with Crippen molar-refractivity contribution in [1.29, 1.82) is 5.26 Å². The van der Waals surface area contributed by atoms with Gasteiger partial charge in [-0.05, 0) is 24.1 Å². The van der Waals surface area contributed by atoms with Crippen molar-refractivity contribution in [2.75, 3.05) is 6.61 Å². The van der Waals surface area contributed by atoms with Gasteiger partial charge in [-0.25, -0.2) is 0 Å². The number of rotatable bonds is 6. The SMILES string of the molecule is CC(C)C(=O)C(COc1cccc(C#N)c1)C(C)C. The number of nitrogens with zero attached hydrogens (tertiary/aromatic N) is 1. The summed E-state index contributed by atoms with van der Waals surface area (Å²) in [5, 5.41) is 8.83. The van der Waals surface area contributed by atoms with Gasteiger partial charge in [0, 0.05) is 5.92 Å². The lowest BCUT2D eigenvalue weighted by molar-refractivity contribution is -0.128. The molecule has 0 bridgehead atoms. The largest absolute Gasteiger partial charge is 0.493 e. The minimum atomic E-state index is -0.106. The molecule has 1 unspecified atom stereocenters. The lowest BCUT2D eigenvalue weighted by Crippen LogP contribution is -2.30. The first-order chi connectivity index (χ1) is 8.95. The van der Waals surface area contributed by atoms with Gasteiger partial charge in [0.1, 0.15) is 11.5 Å². The highest BCUT2D eigenvalue weighted by Gasteiger charge is 2.25. The number of hydrogen-bond donors (Lipinski definition) is 0. The maximum atomic E-state index is 12.1. The summed E-state index contributed by atoms with van der Waals surface area (Å²) in [5.74, 6) is 1.02. The Balaban J connectivity index is 2.71. The molecule has 1 aromatic carbocycles. The third-order valence-electron chi connectivity index (χ3n) is 3.13. The maximum absolute atomic E-state index is 12.1. The van der Waals surface area contributed by atoms with Crippen molar-refractivity contribution in [1.82, 2.24) is 0 Å². The van der Waals surface area contributed by atoms with Crippen LogP contribution in [0, 0.1) is 29.1 Å². The molecule has 1 aromatic rings. The molecule has 0 fully saturated rings. The second-order valence-electron chi connectivity index (χ2n) is 5.36. The molecule has 1 atom stereocenters. The van der Waals surface area contributed by atoms with Crippen LogP contribution in [-0.2, 0) is 4.79 Å². The third kappa shape index (κ3) is 4.40. The molecule has 1 rings (SSSR count). The number of ether oxygens (including phenoxy) is 1. The van der Waals surface area contributed by atoms with Gasteiger partial charge in [-0.2, -0.15) is 5.26 Å². The summed E-state index contributed by atoms with van der Waals surface area (Å²) < 4.78 is 5.67. The lowest BCUT2D eigenvalue weighted by Gasteiger charge is -2.21. The number of benzene rings is 1. The number of nitriles is 1. The molecule has 0 aliphatic carbocycles. The topological polar surface area (TPSA) is 50.1 Å². The summed E-state index contributed by atoms with van der Waals surface area (Å²) in [5.41, 5.74) is 0.564. The Bertz CT molecular complexity index is 472. The molecule has 3 nitrogen and oxygen atoms in total. The zero-order chi connectivity index (χ0) is 14.4. The summed E-state index contributed by atoms with van der Waals surface area (Å²) in [7, 11) is 0. The Morgan fingerprint density at radius 2 is 2.00 bits per heavy atom. The van der Waals surface area contributed by atoms with Crippen molar-refractivity contribution < 1.29 is 9.53 Å². The zero-order valence-electron chi connectivity index (χ0n) is 12.0. The molecular weight excluding hydrogens is 238 g/mol.